The van der Waals surface area contributed by atoms with Crippen LogP contribution < -0.4 is 4.72 Å². The highest BCUT2D eigenvalue weighted by Crippen LogP contribution is 2.42. The largest absolute Gasteiger partial charge is 0.250 e. The van der Waals surface area contributed by atoms with Crippen LogP contribution in [0.3, 0.4) is 0 Å². The van der Waals surface area contributed by atoms with Gasteiger partial charge >= 0.3 is 0 Å². The smallest absolute Gasteiger partial charge is 0.209 e. The summed E-state index contributed by atoms with van der Waals surface area (Å²) in [6.45, 7) is 2.43. The lowest BCUT2D eigenvalue weighted by Crippen LogP contribution is -2.45. The molecule has 3 nitrogen and oxygen atoms in total. The molecule has 0 saturated heterocycles. The number of hydrogen-bond donors (Lipinski definition) is 1. The maximum Gasteiger partial charge on any atom is 0.250 e. The molecule has 102 valence electrons. The van der Waals surface area contributed by atoms with Crippen molar-refractivity contribution in [1.29, 1.82) is 0 Å². The Morgan fingerprint density at radius 1 is 1.56 bits per heavy atom. The fraction of sp³-hybridized carbons (Fsp3) is 0.636. The van der Waals surface area contributed by atoms with Crippen LogP contribution in [0.4, 0.5) is 0 Å². The normalized spacial score (nSPS) is 18.6. The van der Waals surface area contributed by atoms with Gasteiger partial charge in [-0.2, -0.15) is 11.8 Å². The maximum absolute atomic E-state index is 12.2. The topological polar surface area (TPSA) is 46.2 Å². The van der Waals surface area contributed by atoms with Crippen molar-refractivity contribution in [3.05, 3.63) is 15.4 Å². The highest BCUT2D eigenvalue weighted by molar-refractivity contribution is 9.11. The molecule has 1 heterocycles. The van der Waals surface area contributed by atoms with E-state index in [-0.39, 0.29) is 4.75 Å². The number of aryl methyl sites for hydroxylation is 1. The Morgan fingerprint density at radius 2 is 2.22 bits per heavy atom. The van der Waals surface area contributed by atoms with Gasteiger partial charge in [0.25, 0.3) is 0 Å². The minimum Gasteiger partial charge on any atom is -0.209 e. The third-order valence-electron chi connectivity index (χ3n) is 3.38. The molecule has 0 radical (unpaired) electrons. The van der Waals surface area contributed by atoms with Crippen molar-refractivity contribution in [2.75, 3.05) is 12.8 Å². The van der Waals surface area contributed by atoms with Crippen LogP contribution in [-0.2, 0) is 10.0 Å². The zero-order valence-corrected chi connectivity index (χ0v) is 14.4. The Hall–Kier alpha value is 0.440. The number of hydrogen-bond acceptors (Lipinski definition) is 4. The van der Waals surface area contributed by atoms with E-state index in [0.29, 0.717) is 10.8 Å². The summed E-state index contributed by atoms with van der Waals surface area (Å²) in [7, 11) is -3.36. The summed E-state index contributed by atoms with van der Waals surface area (Å²) < 4.78 is 28.5. The standard InChI is InChI=1S/C11H16BrNO2S3/c1-8-6-9(17-10(8)12)18(14,15)13-7-11(16-2)4-3-5-11/h6,13H,3-5,7H2,1-2H3. The monoisotopic (exact) mass is 369 g/mol. The van der Waals surface area contributed by atoms with Crippen LogP contribution in [0.1, 0.15) is 24.8 Å². The first-order valence-corrected chi connectivity index (χ1v) is 10.0. The second kappa shape index (κ2) is 5.44. The van der Waals surface area contributed by atoms with Crippen LogP contribution in [-0.4, -0.2) is 26.0 Å². The van der Waals surface area contributed by atoms with Gasteiger partial charge in [-0.3, -0.25) is 0 Å². The summed E-state index contributed by atoms with van der Waals surface area (Å²) >= 11 is 6.39. The number of sulfonamides is 1. The van der Waals surface area contributed by atoms with Crippen molar-refractivity contribution >= 4 is 49.1 Å². The van der Waals surface area contributed by atoms with Gasteiger partial charge in [0, 0.05) is 11.3 Å². The lowest BCUT2D eigenvalue weighted by Gasteiger charge is -2.40. The third-order valence-corrected chi connectivity index (χ3v) is 8.81. The number of halogens is 1. The maximum atomic E-state index is 12.2. The van der Waals surface area contributed by atoms with Gasteiger partial charge in [0.1, 0.15) is 4.21 Å². The average molecular weight is 370 g/mol. The summed E-state index contributed by atoms with van der Waals surface area (Å²) in [5.74, 6) is 0. The molecule has 1 aliphatic rings. The van der Waals surface area contributed by atoms with Gasteiger partial charge in [-0.15, -0.1) is 11.3 Å². The van der Waals surface area contributed by atoms with Crippen LogP contribution in [0.2, 0.25) is 0 Å². The molecule has 0 unspecified atom stereocenters. The first-order chi connectivity index (χ1) is 8.38. The Kier molecular flexibility index (Phi) is 4.48. The van der Waals surface area contributed by atoms with Crippen molar-refractivity contribution in [2.45, 2.75) is 35.1 Å². The van der Waals surface area contributed by atoms with E-state index in [4.69, 9.17) is 0 Å². The molecule has 0 aromatic carbocycles. The Balaban J connectivity index is 2.08. The van der Waals surface area contributed by atoms with Gasteiger partial charge in [-0.1, -0.05) is 6.42 Å². The van der Waals surface area contributed by atoms with E-state index in [1.165, 1.54) is 17.8 Å². The molecule has 1 aromatic heterocycles. The van der Waals surface area contributed by atoms with E-state index in [2.05, 4.69) is 26.9 Å². The average Bonchev–Trinajstić information content (AvgIpc) is 2.59. The Labute approximate surface area is 125 Å². The quantitative estimate of drug-likeness (QED) is 0.864. The number of rotatable bonds is 5. The van der Waals surface area contributed by atoms with E-state index in [1.54, 1.807) is 17.8 Å². The van der Waals surface area contributed by atoms with Crippen molar-refractivity contribution in [3.63, 3.8) is 0 Å². The van der Waals surface area contributed by atoms with Gasteiger partial charge in [0.2, 0.25) is 10.0 Å². The van der Waals surface area contributed by atoms with Crippen LogP contribution >= 0.6 is 39.0 Å². The fourth-order valence-corrected chi connectivity index (χ4v) is 6.29. The number of thioether (sulfide) groups is 1. The zero-order chi connectivity index (χ0) is 13.4. The minimum atomic E-state index is -3.36. The molecule has 18 heavy (non-hydrogen) atoms. The van der Waals surface area contributed by atoms with E-state index >= 15 is 0 Å². The first kappa shape index (κ1) is 14.8. The molecule has 0 amide bonds. The van der Waals surface area contributed by atoms with E-state index in [9.17, 15) is 8.42 Å². The van der Waals surface area contributed by atoms with Gasteiger partial charge in [0.05, 0.1) is 3.79 Å². The van der Waals surface area contributed by atoms with Gasteiger partial charge < -0.3 is 0 Å². The molecule has 2 rings (SSSR count). The molecule has 7 heteroatoms. The molecular weight excluding hydrogens is 354 g/mol. The molecule has 1 aromatic rings. The second-order valence-electron chi connectivity index (χ2n) is 4.59. The predicted octanol–water partition coefficient (Wildman–Crippen LogP) is 3.38. The van der Waals surface area contributed by atoms with Crippen molar-refractivity contribution in [2.24, 2.45) is 0 Å². The Morgan fingerprint density at radius 3 is 2.61 bits per heavy atom. The Bertz CT molecular complexity index is 509. The summed E-state index contributed by atoms with van der Waals surface area (Å²) in [5.41, 5.74) is 0.962. The molecule has 1 aliphatic carbocycles. The molecule has 0 spiro atoms. The molecular formula is C11H16BrNO2S3. The first-order valence-electron chi connectivity index (χ1n) is 5.69. The molecule has 0 aliphatic heterocycles. The lowest BCUT2D eigenvalue weighted by atomic mass is 9.84. The molecule has 1 N–H and O–H groups in total. The molecule has 1 fully saturated rings. The van der Waals surface area contributed by atoms with Gasteiger partial charge in [0.15, 0.2) is 0 Å². The van der Waals surface area contributed by atoms with E-state index < -0.39 is 10.0 Å². The van der Waals surface area contributed by atoms with Crippen LogP contribution in [0.15, 0.2) is 14.1 Å². The molecule has 0 atom stereocenters. The van der Waals surface area contributed by atoms with Gasteiger partial charge in [-0.25, -0.2) is 13.1 Å². The summed E-state index contributed by atoms with van der Waals surface area (Å²) in [6.07, 6.45) is 5.46. The predicted molar refractivity (Wildman–Crippen MR) is 82.0 cm³/mol. The lowest BCUT2D eigenvalue weighted by molar-refractivity contribution is 0.362. The van der Waals surface area contributed by atoms with Crippen molar-refractivity contribution in [3.8, 4) is 0 Å². The number of thiophene rings is 1. The fourth-order valence-electron chi connectivity index (χ4n) is 1.89. The second-order valence-corrected chi connectivity index (χ2v) is 10.2. The minimum absolute atomic E-state index is 0.122. The van der Waals surface area contributed by atoms with Crippen LogP contribution in [0.25, 0.3) is 0 Å². The zero-order valence-electron chi connectivity index (χ0n) is 10.3. The highest BCUT2D eigenvalue weighted by atomic mass is 79.9. The summed E-state index contributed by atoms with van der Waals surface area (Å²) in [5, 5.41) is 0. The molecule has 0 bridgehead atoms. The number of nitrogens with one attached hydrogen (secondary N) is 1. The van der Waals surface area contributed by atoms with Crippen molar-refractivity contribution in [1.82, 2.24) is 4.72 Å². The highest BCUT2D eigenvalue weighted by Gasteiger charge is 2.37. The van der Waals surface area contributed by atoms with E-state index in [0.717, 1.165) is 22.2 Å². The van der Waals surface area contributed by atoms with Crippen LogP contribution in [0.5, 0.6) is 0 Å². The SMILES string of the molecule is CSC1(CNS(=O)(=O)c2cc(C)c(Br)s2)CCC1. The van der Waals surface area contributed by atoms with Crippen molar-refractivity contribution < 1.29 is 8.42 Å². The molecule has 1 saturated carbocycles. The van der Waals surface area contributed by atoms with Crippen LogP contribution in [0, 0.1) is 6.92 Å². The van der Waals surface area contributed by atoms with Gasteiger partial charge in [-0.05, 0) is 53.6 Å². The summed E-state index contributed by atoms with van der Waals surface area (Å²) in [6, 6.07) is 1.71. The summed E-state index contributed by atoms with van der Waals surface area (Å²) in [4.78, 5) is 0. The van der Waals surface area contributed by atoms with E-state index in [1.807, 2.05) is 6.92 Å². The third kappa shape index (κ3) is 2.95.